The van der Waals surface area contributed by atoms with Crippen LogP contribution in [0.3, 0.4) is 0 Å². The lowest BCUT2D eigenvalue weighted by Gasteiger charge is -2.07. The minimum atomic E-state index is -0.195. The smallest absolute Gasteiger partial charge is 0.310 e. The quantitative estimate of drug-likeness (QED) is 0.794. The van der Waals surface area contributed by atoms with Gasteiger partial charge in [0, 0.05) is 5.92 Å². The van der Waals surface area contributed by atoms with E-state index in [1.807, 2.05) is 44.2 Å². The highest BCUT2D eigenvalue weighted by molar-refractivity contribution is 5.93. The van der Waals surface area contributed by atoms with Crippen molar-refractivity contribution in [2.75, 3.05) is 13.7 Å². The highest BCUT2D eigenvalue weighted by Crippen LogP contribution is 2.56. The maximum Gasteiger partial charge on any atom is 0.310 e. The number of ether oxygens (including phenoxy) is 2. The van der Waals surface area contributed by atoms with Crippen molar-refractivity contribution in [2.45, 2.75) is 25.3 Å². The third kappa shape index (κ3) is 2.19. The predicted octanol–water partition coefficient (Wildman–Crippen LogP) is 2.40. The molecule has 0 radical (unpaired) electrons. The second kappa shape index (κ2) is 4.62. The van der Waals surface area contributed by atoms with Gasteiger partial charge in [0.15, 0.2) is 5.90 Å². The van der Waals surface area contributed by atoms with Crippen molar-refractivity contribution in [3.8, 4) is 0 Å². The molecule has 20 heavy (non-hydrogen) atoms. The molecule has 4 nitrogen and oxygen atoms in total. The number of nitrogens with zero attached hydrogens (tertiary/aromatic N) is 1. The number of carbonyl (C=O) groups is 1. The van der Waals surface area contributed by atoms with Gasteiger partial charge in [-0.3, -0.25) is 4.79 Å². The molecular formula is C16H19NO3. The molecule has 1 aliphatic heterocycles. The van der Waals surface area contributed by atoms with Crippen molar-refractivity contribution in [2.24, 2.45) is 16.8 Å². The minimum Gasteiger partial charge on any atom is -0.478 e. The molecule has 0 bridgehead atoms. The van der Waals surface area contributed by atoms with Gasteiger partial charge in [0.2, 0.25) is 0 Å². The first kappa shape index (κ1) is 13.2. The monoisotopic (exact) mass is 273 g/mol. The number of esters is 1. The van der Waals surface area contributed by atoms with E-state index in [2.05, 4.69) is 4.99 Å². The summed E-state index contributed by atoms with van der Waals surface area (Å²) in [4.78, 5) is 16.6. The average Bonchev–Trinajstić information content (AvgIpc) is 3.09. The zero-order chi connectivity index (χ0) is 14.3. The number of methoxy groups -OCH3 is 1. The summed E-state index contributed by atoms with van der Waals surface area (Å²) < 4.78 is 10.6. The van der Waals surface area contributed by atoms with E-state index in [0.717, 1.165) is 5.56 Å². The fourth-order valence-electron chi connectivity index (χ4n) is 2.92. The van der Waals surface area contributed by atoms with Crippen LogP contribution in [0, 0.1) is 11.8 Å². The standard InChI is InChI=1S/C16H19NO3/c1-16(2)9-20-14(17-16)12-11(13(12)15(18)19-3)10-7-5-4-6-8-10/h4-8,11-13H,9H2,1-3H3/t11-,12?,13+/m0/s1. The van der Waals surface area contributed by atoms with Crippen LogP contribution in [0.5, 0.6) is 0 Å². The third-order valence-electron chi connectivity index (χ3n) is 3.95. The molecule has 1 heterocycles. The molecule has 3 rings (SSSR count). The van der Waals surface area contributed by atoms with Crippen LogP contribution in [0.25, 0.3) is 0 Å². The molecule has 1 aliphatic carbocycles. The van der Waals surface area contributed by atoms with Crippen LogP contribution in [0.1, 0.15) is 25.3 Å². The fourth-order valence-corrected chi connectivity index (χ4v) is 2.92. The summed E-state index contributed by atoms with van der Waals surface area (Å²) in [6.07, 6.45) is 0. The van der Waals surface area contributed by atoms with Gasteiger partial charge in [-0.25, -0.2) is 4.99 Å². The zero-order valence-corrected chi connectivity index (χ0v) is 12.0. The summed E-state index contributed by atoms with van der Waals surface area (Å²) in [6, 6.07) is 10.0. The Hall–Kier alpha value is -1.84. The highest BCUT2D eigenvalue weighted by Gasteiger charge is 2.61. The summed E-state index contributed by atoms with van der Waals surface area (Å²) in [7, 11) is 1.43. The Kier molecular flexibility index (Phi) is 3.04. The Morgan fingerprint density at radius 3 is 2.55 bits per heavy atom. The lowest BCUT2D eigenvalue weighted by Crippen LogP contribution is -2.17. The van der Waals surface area contributed by atoms with Gasteiger partial charge in [-0.1, -0.05) is 30.3 Å². The predicted molar refractivity (Wildman–Crippen MR) is 75.6 cm³/mol. The van der Waals surface area contributed by atoms with Crippen molar-refractivity contribution in [1.29, 1.82) is 0 Å². The summed E-state index contributed by atoms with van der Waals surface area (Å²) in [6.45, 7) is 4.65. The number of aliphatic imine (C=N–C) groups is 1. The van der Waals surface area contributed by atoms with E-state index in [0.29, 0.717) is 12.5 Å². The van der Waals surface area contributed by atoms with Crippen molar-refractivity contribution in [3.05, 3.63) is 35.9 Å². The van der Waals surface area contributed by atoms with Crippen LogP contribution >= 0.6 is 0 Å². The van der Waals surface area contributed by atoms with Gasteiger partial charge in [-0.05, 0) is 19.4 Å². The molecule has 0 amide bonds. The molecule has 1 aromatic carbocycles. The van der Waals surface area contributed by atoms with Gasteiger partial charge in [0.05, 0.1) is 24.5 Å². The van der Waals surface area contributed by atoms with Crippen molar-refractivity contribution in [3.63, 3.8) is 0 Å². The topological polar surface area (TPSA) is 47.9 Å². The normalized spacial score (nSPS) is 30.4. The summed E-state index contributed by atoms with van der Waals surface area (Å²) in [5.41, 5.74) is 0.948. The molecule has 106 valence electrons. The van der Waals surface area contributed by atoms with Crippen LogP contribution < -0.4 is 0 Å². The van der Waals surface area contributed by atoms with Crippen LogP contribution in [0.4, 0.5) is 0 Å². The molecule has 0 saturated heterocycles. The van der Waals surface area contributed by atoms with Gasteiger partial charge in [-0.15, -0.1) is 0 Å². The molecule has 4 heteroatoms. The lowest BCUT2D eigenvalue weighted by atomic mass is 10.1. The Morgan fingerprint density at radius 1 is 1.30 bits per heavy atom. The number of rotatable bonds is 3. The summed E-state index contributed by atoms with van der Waals surface area (Å²) in [5.74, 6) is 0.497. The Balaban J connectivity index is 1.88. The Labute approximate surface area is 118 Å². The van der Waals surface area contributed by atoms with E-state index < -0.39 is 0 Å². The fraction of sp³-hybridized carbons (Fsp3) is 0.500. The van der Waals surface area contributed by atoms with E-state index >= 15 is 0 Å². The molecule has 1 aromatic rings. The van der Waals surface area contributed by atoms with Gasteiger partial charge in [0.1, 0.15) is 6.61 Å². The number of hydrogen-bond donors (Lipinski definition) is 0. The van der Waals surface area contributed by atoms with Gasteiger partial charge in [0.25, 0.3) is 0 Å². The largest absolute Gasteiger partial charge is 0.478 e. The van der Waals surface area contributed by atoms with Crippen LogP contribution in [0.2, 0.25) is 0 Å². The summed E-state index contributed by atoms with van der Waals surface area (Å²) >= 11 is 0. The Bertz CT molecular complexity index is 550. The van der Waals surface area contributed by atoms with Crippen molar-refractivity contribution >= 4 is 11.9 Å². The van der Waals surface area contributed by atoms with Gasteiger partial charge >= 0.3 is 5.97 Å². The Morgan fingerprint density at radius 2 is 2.00 bits per heavy atom. The van der Waals surface area contributed by atoms with E-state index in [4.69, 9.17) is 9.47 Å². The first-order valence-corrected chi connectivity index (χ1v) is 6.89. The number of benzene rings is 1. The maximum absolute atomic E-state index is 12.0. The molecule has 1 saturated carbocycles. The zero-order valence-electron chi connectivity index (χ0n) is 12.0. The molecule has 0 aromatic heterocycles. The third-order valence-corrected chi connectivity index (χ3v) is 3.95. The van der Waals surface area contributed by atoms with Crippen LogP contribution in [0.15, 0.2) is 35.3 Å². The van der Waals surface area contributed by atoms with E-state index in [1.54, 1.807) is 0 Å². The first-order chi connectivity index (χ1) is 9.53. The molecule has 1 fully saturated rings. The molecule has 0 N–H and O–H groups in total. The molecule has 0 spiro atoms. The van der Waals surface area contributed by atoms with E-state index in [9.17, 15) is 4.79 Å². The van der Waals surface area contributed by atoms with Gasteiger partial charge < -0.3 is 9.47 Å². The van der Waals surface area contributed by atoms with E-state index in [1.165, 1.54) is 7.11 Å². The molecule has 3 atom stereocenters. The second-order valence-corrected chi connectivity index (χ2v) is 6.06. The summed E-state index contributed by atoms with van der Waals surface area (Å²) in [5, 5.41) is 0. The van der Waals surface area contributed by atoms with Crippen molar-refractivity contribution in [1.82, 2.24) is 0 Å². The van der Waals surface area contributed by atoms with Crippen LogP contribution in [-0.2, 0) is 14.3 Å². The minimum absolute atomic E-state index is 0.0200. The highest BCUT2D eigenvalue weighted by atomic mass is 16.5. The van der Waals surface area contributed by atoms with Crippen molar-refractivity contribution < 1.29 is 14.3 Å². The second-order valence-electron chi connectivity index (χ2n) is 6.06. The van der Waals surface area contributed by atoms with Crippen LogP contribution in [-0.4, -0.2) is 31.1 Å². The van der Waals surface area contributed by atoms with Gasteiger partial charge in [-0.2, -0.15) is 0 Å². The van der Waals surface area contributed by atoms with E-state index in [-0.39, 0.29) is 29.3 Å². The average molecular weight is 273 g/mol. The number of hydrogen-bond acceptors (Lipinski definition) is 4. The molecular weight excluding hydrogens is 254 g/mol. The molecule has 1 unspecified atom stereocenters. The first-order valence-electron chi connectivity index (χ1n) is 6.89. The maximum atomic E-state index is 12.0. The lowest BCUT2D eigenvalue weighted by molar-refractivity contribution is -0.142. The SMILES string of the molecule is COC(=O)[C@H]1C(C2=NC(C)(C)CO2)[C@@H]1c1ccccc1. The molecule has 2 aliphatic rings. The number of carbonyl (C=O) groups excluding carboxylic acids is 1.